The summed E-state index contributed by atoms with van der Waals surface area (Å²) in [6.45, 7) is 3.45. The van der Waals surface area contributed by atoms with Gasteiger partial charge in [-0.2, -0.15) is 0 Å². The second kappa shape index (κ2) is 11.2. The van der Waals surface area contributed by atoms with Crippen molar-refractivity contribution < 1.29 is 13.2 Å². The van der Waals surface area contributed by atoms with E-state index in [2.05, 4.69) is 20.3 Å². The number of carbonyl (C=O) groups is 1. The molecule has 1 aromatic carbocycles. The number of hydrogen-bond acceptors (Lipinski definition) is 5. The van der Waals surface area contributed by atoms with Crippen molar-refractivity contribution in [3.8, 4) is 0 Å². The molecule has 0 radical (unpaired) electrons. The van der Waals surface area contributed by atoms with Gasteiger partial charge in [0.05, 0.1) is 4.90 Å². The van der Waals surface area contributed by atoms with Crippen LogP contribution in [0.5, 0.6) is 0 Å². The first-order chi connectivity index (χ1) is 13.5. The van der Waals surface area contributed by atoms with Crippen LogP contribution in [0.25, 0.3) is 6.08 Å². The van der Waals surface area contributed by atoms with Gasteiger partial charge in [0.2, 0.25) is 15.9 Å². The number of anilines is 1. The Bertz CT molecular complexity index is 866. The number of carbonyl (C=O) groups excluding carboxylic acids is 1. The summed E-state index contributed by atoms with van der Waals surface area (Å²) in [6.07, 6.45) is 6.61. The van der Waals surface area contributed by atoms with Crippen molar-refractivity contribution in [3.63, 3.8) is 0 Å². The van der Waals surface area contributed by atoms with Crippen LogP contribution < -0.4 is 15.4 Å². The van der Waals surface area contributed by atoms with Gasteiger partial charge in [-0.25, -0.2) is 18.1 Å². The van der Waals surface area contributed by atoms with Crippen LogP contribution in [0.2, 0.25) is 0 Å². The van der Waals surface area contributed by atoms with E-state index in [-0.39, 0.29) is 10.8 Å². The summed E-state index contributed by atoms with van der Waals surface area (Å²) >= 11 is 0. The zero-order valence-electron chi connectivity index (χ0n) is 15.9. The number of aromatic nitrogens is 1. The third-order valence-electron chi connectivity index (χ3n) is 3.83. The first kappa shape index (κ1) is 21.6. The van der Waals surface area contributed by atoms with E-state index in [4.69, 9.17) is 0 Å². The van der Waals surface area contributed by atoms with Gasteiger partial charge < -0.3 is 10.6 Å². The molecule has 150 valence electrons. The maximum Gasteiger partial charge on any atom is 0.243 e. The number of unbranched alkanes of at least 4 members (excludes halogenated alkanes) is 1. The van der Waals surface area contributed by atoms with E-state index in [0.717, 1.165) is 30.8 Å². The van der Waals surface area contributed by atoms with Crippen molar-refractivity contribution in [2.45, 2.75) is 24.7 Å². The van der Waals surface area contributed by atoms with Crippen LogP contribution in [0.15, 0.2) is 59.6 Å². The van der Waals surface area contributed by atoms with Crippen LogP contribution in [-0.4, -0.2) is 38.9 Å². The SMILES string of the molecule is CCNS(=O)(=O)c1ccc(C=CC(=O)NCCCCNc2ccccn2)cc1. The molecule has 3 N–H and O–H groups in total. The van der Waals surface area contributed by atoms with Crippen molar-refractivity contribution in [3.05, 3.63) is 60.3 Å². The van der Waals surface area contributed by atoms with Gasteiger partial charge in [-0.05, 0) is 48.7 Å². The third-order valence-corrected chi connectivity index (χ3v) is 5.39. The third kappa shape index (κ3) is 7.50. The van der Waals surface area contributed by atoms with Crippen molar-refractivity contribution >= 4 is 27.8 Å². The number of rotatable bonds is 11. The highest BCUT2D eigenvalue weighted by atomic mass is 32.2. The van der Waals surface area contributed by atoms with Crippen LogP contribution in [-0.2, 0) is 14.8 Å². The quantitative estimate of drug-likeness (QED) is 0.396. The molecule has 0 spiro atoms. The molecule has 0 unspecified atom stereocenters. The number of hydrogen-bond donors (Lipinski definition) is 3. The minimum absolute atomic E-state index is 0.179. The number of nitrogens with zero attached hydrogens (tertiary/aromatic N) is 1. The van der Waals surface area contributed by atoms with Crippen molar-refractivity contribution in [2.75, 3.05) is 25.0 Å². The fourth-order valence-electron chi connectivity index (χ4n) is 2.41. The Morgan fingerprint density at radius 1 is 1.07 bits per heavy atom. The number of benzene rings is 1. The molecule has 2 rings (SSSR count). The predicted octanol–water partition coefficient (Wildman–Crippen LogP) is 2.40. The molecule has 7 nitrogen and oxygen atoms in total. The highest BCUT2D eigenvalue weighted by Gasteiger charge is 2.11. The average molecular weight is 403 g/mol. The van der Waals surface area contributed by atoms with E-state index in [1.165, 1.54) is 18.2 Å². The second-order valence-electron chi connectivity index (χ2n) is 6.04. The van der Waals surface area contributed by atoms with Gasteiger partial charge in [-0.15, -0.1) is 0 Å². The standard InChI is InChI=1S/C20H26N4O3S/c1-2-24-28(26,27)18-11-8-17(9-12-18)10-13-20(25)23-16-6-5-15-22-19-7-3-4-14-21-19/h3-4,7-14,24H,2,5-6,15-16H2,1H3,(H,21,22)(H,23,25). The zero-order valence-corrected chi connectivity index (χ0v) is 16.7. The molecule has 0 bridgehead atoms. The summed E-state index contributed by atoms with van der Waals surface area (Å²) in [4.78, 5) is 16.2. The summed E-state index contributed by atoms with van der Waals surface area (Å²) in [5.74, 6) is 0.667. The van der Waals surface area contributed by atoms with Crippen LogP contribution in [0.4, 0.5) is 5.82 Å². The Hall–Kier alpha value is -2.71. The Morgan fingerprint density at radius 3 is 2.50 bits per heavy atom. The zero-order chi connectivity index (χ0) is 20.2. The smallest absolute Gasteiger partial charge is 0.243 e. The molecule has 0 saturated heterocycles. The lowest BCUT2D eigenvalue weighted by Crippen LogP contribution is -2.23. The van der Waals surface area contributed by atoms with Crippen LogP contribution in [0, 0.1) is 0 Å². The second-order valence-corrected chi connectivity index (χ2v) is 7.81. The maximum atomic E-state index is 11.9. The monoisotopic (exact) mass is 402 g/mol. The van der Waals surface area contributed by atoms with Crippen LogP contribution >= 0.6 is 0 Å². The summed E-state index contributed by atoms with van der Waals surface area (Å²) in [7, 11) is -3.46. The minimum Gasteiger partial charge on any atom is -0.370 e. The highest BCUT2D eigenvalue weighted by molar-refractivity contribution is 7.89. The van der Waals surface area contributed by atoms with Gasteiger partial charge in [0.25, 0.3) is 0 Å². The number of pyridine rings is 1. The van der Waals surface area contributed by atoms with Crippen LogP contribution in [0.3, 0.4) is 0 Å². The molecule has 2 aromatic rings. The Labute approximate surface area is 166 Å². The molecule has 0 saturated carbocycles. The Kier molecular flexibility index (Phi) is 8.64. The van der Waals surface area contributed by atoms with Gasteiger partial charge >= 0.3 is 0 Å². The summed E-state index contributed by atoms with van der Waals surface area (Å²) in [6, 6.07) is 12.1. The van der Waals surface area contributed by atoms with Crippen molar-refractivity contribution in [2.24, 2.45) is 0 Å². The molecule has 0 aliphatic carbocycles. The first-order valence-electron chi connectivity index (χ1n) is 9.22. The molecule has 0 atom stereocenters. The normalized spacial score (nSPS) is 11.5. The number of nitrogens with one attached hydrogen (secondary N) is 3. The van der Waals surface area contributed by atoms with E-state index < -0.39 is 10.0 Å². The molecule has 1 amide bonds. The van der Waals surface area contributed by atoms with E-state index in [1.54, 1.807) is 31.3 Å². The molecule has 8 heteroatoms. The molecule has 0 fully saturated rings. The highest BCUT2D eigenvalue weighted by Crippen LogP contribution is 2.11. The first-order valence-corrected chi connectivity index (χ1v) is 10.7. The lowest BCUT2D eigenvalue weighted by Gasteiger charge is -2.05. The lowest BCUT2D eigenvalue weighted by atomic mass is 10.2. The summed E-state index contributed by atoms with van der Waals surface area (Å²) in [5.41, 5.74) is 0.755. The topological polar surface area (TPSA) is 100 Å². The molecule has 28 heavy (non-hydrogen) atoms. The van der Waals surface area contributed by atoms with E-state index in [1.807, 2.05) is 18.2 Å². The van der Waals surface area contributed by atoms with Gasteiger partial charge in [0, 0.05) is 31.9 Å². The lowest BCUT2D eigenvalue weighted by molar-refractivity contribution is -0.116. The largest absolute Gasteiger partial charge is 0.370 e. The number of sulfonamides is 1. The maximum absolute atomic E-state index is 11.9. The Morgan fingerprint density at radius 2 is 1.82 bits per heavy atom. The average Bonchev–Trinajstić information content (AvgIpc) is 2.70. The fraction of sp³-hybridized carbons (Fsp3) is 0.300. The summed E-state index contributed by atoms with van der Waals surface area (Å²) < 4.78 is 26.2. The van der Waals surface area contributed by atoms with Gasteiger partial charge in [-0.1, -0.05) is 25.1 Å². The van der Waals surface area contributed by atoms with Gasteiger partial charge in [0.15, 0.2) is 0 Å². The minimum atomic E-state index is -3.46. The van der Waals surface area contributed by atoms with E-state index in [9.17, 15) is 13.2 Å². The fourth-order valence-corrected chi connectivity index (χ4v) is 3.45. The van der Waals surface area contributed by atoms with E-state index in [0.29, 0.717) is 13.1 Å². The van der Waals surface area contributed by atoms with Gasteiger partial charge in [-0.3, -0.25) is 4.79 Å². The summed E-state index contributed by atoms with van der Waals surface area (Å²) in [5, 5.41) is 6.05. The van der Waals surface area contributed by atoms with Crippen LogP contribution in [0.1, 0.15) is 25.3 Å². The predicted molar refractivity (Wildman–Crippen MR) is 111 cm³/mol. The van der Waals surface area contributed by atoms with E-state index >= 15 is 0 Å². The molecule has 0 aliphatic heterocycles. The molecule has 0 aliphatic rings. The molecule has 1 heterocycles. The molecular weight excluding hydrogens is 376 g/mol. The Balaban J connectivity index is 1.67. The van der Waals surface area contributed by atoms with Crippen molar-refractivity contribution in [1.82, 2.24) is 15.0 Å². The van der Waals surface area contributed by atoms with Crippen molar-refractivity contribution in [1.29, 1.82) is 0 Å². The van der Waals surface area contributed by atoms with Gasteiger partial charge in [0.1, 0.15) is 5.82 Å². The molecular formula is C20H26N4O3S. The number of amides is 1. The molecule has 1 aromatic heterocycles.